The summed E-state index contributed by atoms with van der Waals surface area (Å²) in [5, 5.41) is 7.22. The van der Waals surface area contributed by atoms with Crippen molar-refractivity contribution in [2.45, 2.75) is 6.92 Å². The number of aryl methyl sites for hydroxylation is 1. The van der Waals surface area contributed by atoms with Gasteiger partial charge in [0.1, 0.15) is 0 Å². The Morgan fingerprint density at radius 1 is 0.640 bits per heavy atom. The van der Waals surface area contributed by atoms with Gasteiger partial charge in [0, 0.05) is 48.1 Å². The van der Waals surface area contributed by atoms with Gasteiger partial charge in [-0.2, -0.15) is 0 Å². The summed E-state index contributed by atoms with van der Waals surface area (Å²) in [5.74, 6) is 0.679. The average molecular weight is 657 g/mol. The molecular formula is C45H28N4S. The number of hydrogen-bond acceptors (Lipinski definition) is 3. The molecule has 0 N–H and O–H groups in total. The zero-order chi connectivity index (χ0) is 33.1. The third-order valence-corrected chi connectivity index (χ3v) is 11.6. The Hall–Kier alpha value is -6.30. The third kappa shape index (κ3) is 3.54. The Morgan fingerprint density at radius 2 is 1.34 bits per heavy atom. The van der Waals surface area contributed by atoms with Crippen LogP contribution in [0, 0.1) is 6.92 Å². The van der Waals surface area contributed by atoms with E-state index < -0.39 is 0 Å². The summed E-state index contributed by atoms with van der Waals surface area (Å²) < 4.78 is 7.12. The van der Waals surface area contributed by atoms with E-state index in [0.717, 1.165) is 43.5 Å². The van der Waals surface area contributed by atoms with E-state index >= 15 is 0 Å². The second-order valence-corrected chi connectivity index (χ2v) is 14.1. The monoisotopic (exact) mass is 656 g/mol. The molecular weight excluding hydrogens is 629 g/mol. The molecule has 0 fully saturated rings. The lowest BCUT2D eigenvalue weighted by atomic mass is 9.99. The van der Waals surface area contributed by atoms with Crippen molar-refractivity contribution in [1.82, 2.24) is 18.9 Å². The predicted molar refractivity (Wildman–Crippen MR) is 212 cm³/mol. The highest BCUT2D eigenvalue weighted by Gasteiger charge is 2.28. The molecule has 0 spiro atoms. The maximum atomic E-state index is 5.48. The van der Waals surface area contributed by atoms with Crippen LogP contribution in [0.1, 0.15) is 11.1 Å². The molecule has 234 valence electrons. The molecule has 0 aliphatic carbocycles. The van der Waals surface area contributed by atoms with Gasteiger partial charge < -0.3 is 4.40 Å². The van der Waals surface area contributed by atoms with Crippen molar-refractivity contribution >= 4 is 86.7 Å². The lowest BCUT2D eigenvalue weighted by molar-refractivity contribution is 1.02. The molecule has 0 aliphatic heterocycles. The molecule has 0 amide bonds. The molecule has 5 aromatic heterocycles. The SMILES string of the molecule is C=Cc1ccccc1-c1c(C)c2cc3c4ccccc4n(-c4nc(-c5ccccc5)c5sc6ccccc6c5n4)c3c3c4ccccc4n1c23. The van der Waals surface area contributed by atoms with Crippen LogP contribution < -0.4 is 0 Å². The highest BCUT2D eigenvalue weighted by atomic mass is 32.1. The third-order valence-electron chi connectivity index (χ3n) is 10.4. The Balaban J connectivity index is 1.36. The zero-order valence-corrected chi connectivity index (χ0v) is 28.0. The van der Waals surface area contributed by atoms with Crippen molar-refractivity contribution < 1.29 is 0 Å². The molecule has 0 saturated heterocycles. The molecule has 11 aromatic rings. The summed E-state index contributed by atoms with van der Waals surface area (Å²) in [6.45, 7) is 6.43. The van der Waals surface area contributed by atoms with Gasteiger partial charge in [0.25, 0.3) is 0 Å². The maximum absolute atomic E-state index is 5.48. The van der Waals surface area contributed by atoms with Gasteiger partial charge in [0.05, 0.1) is 43.7 Å². The van der Waals surface area contributed by atoms with Crippen molar-refractivity contribution in [1.29, 1.82) is 0 Å². The van der Waals surface area contributed by atoms with Gasteiger partial charge in [0.15, 0.2) is 0 Å². The van der Waals surface area contributed by atoms with Gasteiger partial charge in [-0.15, -0.1) is 11.3 Å². The van der Waals surface area contributed by atoms with Crippen LogP contribution >= 0.6 is 11.3 Å². The Morgan fingerprint density at radius 3 is 2.18 bits per heavy atom. The summed E-state index contributed by atoms with van der Waals surface area (Å²) >= 11 is 1.77. The summed E-state index contributed by atoms with van der Waals surface area (Å²) in [6.07, 6.45) is 1.96. The summed E-state index contributed by atoms with van der Waals surface area (Å²) in [6, 6.07) is 47.6. The number of rotatable bonds is 4. The smallest absolute Gasteiger partial charge is 0.235 e. The van der Waals surface area contributed by atoms with Crippen LogP contribution in [0.15, 0.2) is 140 Å². The maximum Gasteiger partial charge on any atom is 0.235 e. The molecule has 0 atom stereocenters. The van der Waals surface area contributed by atoms with E-state index in [9.17, 15) is 0 Å². The van der Waals surface area contributed by atoms with E-state index in [0.29, 0.717) is 5.95 Å². The molecule has 0 radical (unpaired) electrons. The average Bonchev–Trinajstić information content (AvgIpc) is 3.90. The first-order valence-corrected chi connectivity index (χ1v) is 17.7. The normalized spacial score (nSPS) is 12.2. The highest BCUT2D eigenvalue weighted by Crippen LogP contribution is 2.48. The number of thiophene rings is 1. The molecule has 4 nitrogen and oxygen atoms in total. The van der Waals surface area contributed by atoms with Gasteiger partial charge in [-0.25, -0.2) is 9.97 Å². The van der Waals surface area contributed by atoms with E-state index in [4.69, 9.17) is 9.97 Å². The van der Waals surface area contributed by atoms with Crippen LogP contribution in [0.5, 0.6) is 0 Å². The Bertz CT molecular complexity index is 3180. The first kappa shape index (κ1) is 27.6. The van der Waals surface area contributed by atoms with Crippen LogP contribution in [0.4, 0.5) is 0 Å². The standard InChI is InChI=1S/C45H28N4S/c1-3-27-15-7-8-18-29(27)41-26(2)33-25-34-30-19-9-12-22-35(30)49(43(34)38-31-20-10-13-23-36(31)48(41)42(33)38)45-46-39(28-16-5-4-6-17-28)44-40(47-45)32-21-11-14-24-37(32)50-44/h3-25H,1H2,2H3. The summed E-state index contributed by atoms with van der Waals surface area (Å²) in [7, 11) is 0. The van der Waals surface area contributed by atoms with Crippen molar-refractivity contribution in [2.75, 3.05) is 0 Å². The van der Waals surface area contributed by atoms with Crippen LogP contribution in [-0.2, 0) is 0 Å². The lowest BCUT2D eigenvalue weighted by Gasteiger charge is -2.11. The predicted octanol–water partition coefficient (Wildman–Crippen LogP) is 12.2. The van der Waals surface area contributed by atoms with Crippen molar-refractivity contribution in [3.05, 3.63) is 151 Å². The fourth-order valence-electron chi connectivity index (χ4n) is 8.31. The van der Waals surface area contributed by atoms with E-state index in [1.54, 1.807) is 11.3 Å². The Labute approximate surface area is 291 Å². The number of aromatic nitrogens is 4. The van der Waals surface area contributed by atoms with Crippen molar-refractivity contribution in [3.63, 3.8) is 0 Å². The fourth-order valence-corrected chi connectivity index (χ4v) is 9.46. The van der Waals surface area contributed by atoms with Crippen molar-refractivity contribution in [3.8, 4) is 28.5 Å². The molecule has 0 aliphatic rings. The lowest BCUT2D eigenvalue weighted by Crippen LogP contribution is -2.03. The Kier molecular flexibility index (Phi) is 5.59. The molecule has 0 unspecified atom stereocenters. The minimum atomic E-state index is 0.679. The molecule has 0 saturated carbocycles. The molecule has 5 heterocycles. The summed E-state index contributed by atoms with van der Waals surface area (Å²) in [5.41, 5.74) is 12.4. The first-order chi connectivity index (χ1) is 24.7. The second-order valence-electron chi connectivity index (χ2n) is 13.0. The molecule has 5 heteroatoms. The van der Waals surface area contributed by atoms with Gasteiger partial charge in [0.2, 0.25) is 5.95 Å². The highest BCUT2D eigenvalue weighted by molar-refractivity contribution is 7.26. The number of fused-ring (bicyclic) bond motifs is 10. The minimum absolute atomic E-state index is 0.679. The first-order valence-electron chi connectivity index (χ1n) is 16.9. The van der Waals surface area contributed by atoms with Gasteiger partial charge >= 0.3 is 0 Å². The zero-order valence-electron chi connectivity index (χ0n) is 27.2. The van der Waals surface area contributed by atoms with Crippen LogP contribution in [0.2, 0.25) is 0 Å². The number of benzene rings is 6. The van der Waals surface area contributed by atoms with Gasteiger partial charge in [-0.3, -0.25) is 4.57 Å². The molecule has 0 bridgehead atoms. The van der Waals surface area contributed by atoms with E-state index in [2.05, 4.69) is 156 Å². The largest absolute Gasteiger partial charge is 0.308 e. The van der Waals surface area contributed by atoms with Crippen LogP contribution in [0.25, 0.3) is 104 Å². The topological polar surface area (TPSA) is 35.1 Å². The van der Waals surface area contributed by atoms with Crippen molar-refractivity contribution in [2.24, 2.45) is 0 Å². The minimum Gasteiger partial charge on any atom is -0.308 e. The van der Waals surface area contributed by atoms with Crippen LogP contribution in [-0.4, -0.2) is 18.9 Å². The number of hydrogen-bond donors (Lipinski definition) is 0. The fraction of sp³-hybridized carbons (Fsp3) is 0.0222. The quantitative estimate of drug-likeness (QED) is 0.189. The number of nitrogens with zero attached hydrogens (tertiary/aromatic N) is 4. The van der Waals surface area contributed by atoms with Crippen LogP contribution in [0.3, 0.4) is 0 Å². The summed E-state index contributed by atoms with van der Waals surface area (Å²) in [4.78, 5) is 10.9. The molecule has 11 rings (SSSR count). The second kappa shape index (κ2) is 10.1. The van der Waals surface area contributed by atoms with Gasteiger partial charge in [-0.1, -0.05) is 122 Å². The molecule has 6 aromatic carbocycles. The molecule has 50 heavy (non-hydrogen) atoms. The van der Waals surface area contributed by atoms with E-state index in [-0.39, 0.29) is 0 Å². The number of para-hydroxylation sites is 2. The van der Waals surface area contributed by atoms with Gasteiger partial charge in [-0.05, 0) is 42.3 Å². The van der Waals surface area contributed by atoms with E-state index in [1.165, 1.54) is 59.5 Å². The van der Waals surface area contributed by atoms with E-state index in [1.807, 2.05) is 6.08 Å².